The van der Waals surface area contributed by atoms with Crippen LogP contribution in [0.25, 0.3) is 0 Å². The number of rotatable bonds is 6. The Morgan fingerprint density at radius 3 is 2.53 bits per heavy atom. The highest BCUT2D eigenvalue weighted by molar-refractivity contribution is 6.30. The van der Waals surface area contributed by atoms with E-state index in [9.17, 15) is 4.79 Å². The van der Waals surface area contributed by atoms with Crippen molar-refractivity contribution in [3.05, 3.63) is 34.9 Å². The Bertz CT molecular complexity index is 431. The molecule has 0 heterocycles. The van der Waals surface area contributed by atoms with Crippen molar-refractivity contribution in [2.24, 2.45) is 10.7 Å². The van der Waals surface area contributed by atoms with E-state index in [1.54, 1.807) is 24.3 Å². The topological polar surface area (TPSA) is 79.5 Å². The molecule has 19 heavy (non-hydrogen) atoms. The standard InChI is InChI=1S/C13H19ClN4O/c1-2-7-17-13(15)18-9-8-16-12(19)10-3-5-11(14)6-4-10/h3-6H,2,7-9H2,1H3,(H,16,19)(H3,15,17,18). The molecular weight excluding hydrogens is 264 g/mol. The van der Waals surface area contributed by atoms with Gasteiger partial charge in [0.1, 0.15) is 0 Å². The Morgan fingerprint density at radius 1 is 1.26 bits per heavy atom. The number of guanidine groups is 1. The van der Waals surface area contributed by atoms with Gasteiger partial charge < -0.3 is 16.4 Å². The first-order valence-electron chi connectivity index (χ1n) is 6.21. The maximum atomic E-state index is 11.7. The minimum atomic E-state index is -0.137. The molecule has 0 radical (unpaired) electrons. The molecule has 0 atom stereocenters. The number of amides is 1. The monoisotopic (exact) mass is 282 g/mol. The average Bonchev–Trinajstić information content (AvgIpc) is 2.41. The van der Waals surface area contributed by atoms with Gasteiger partial charge in [-0.15, -0.1) is 0 Å². The lowest BCUT2D eigenvalue weighted by Crippen LogP contribution is -2.38. The van der Waals surface area contributed by atoms with Gasteiger partial charge in [-0.2, -0.15) is 0 Å². The van der Waals surface area contributed by atoms with Crippen LogP contribution in [0.2, 0.25) is 5.02 Å². The van der Waals surface area contributed by atoms with Crippen LogP contribution in [0.5, 0.6) is 0 Å². The summed E-state index contributed by atoms with van der Waals surface area (Å²) in [6.45, 7) is 3.75. The highest BCUT2D eigenvalue weighted by Gasteiger charge is 2.03. The summed E-state index contributed by atoms with van der Waals surface area (Å²) < 4.78 is 0. The molecule has 0 aliphatic heterocycles. The van der Waals surface area contributed by atoms with Crippen molar-refractivity contribution in [2.75, 3.05) is 19.6 Å². The molecule has 0 saturated carbocycles. The van der Waals surface area contributed by atoms with Crippen molar-refractivity contribution >= 4 is 23.5 Å². The summed E-state index contributed by atoms with van der Waals surface area (Å²) in [4.78, 5) is 15.8. The molecule has 0 spiro atoms. The van der Waals surface area contributed by atoms with Crippen molar-refractivity contribution < 1.29 is 4.79 Å². The van der Waals surface area contributed by atoms with E-state index < -0.39 is 0 Å². The molecular formula is C13H19ClN4O. The van der Waals surface area contributed by atoms with Gasteiger partial charge in [0, 0.05) is 30.2 Å². The fourth-order valence-electron chi connectivity index (χ4n) is 1.36. The number of halogens is 1. The zero-order valence-electron chi connectivity index (χ0n) is 10.9. The van der Waals surface area contributed by atoms with Gasteiger partial charge in [-0.3, -0.25) is 9.79 Å². The van der Waals surface area contributed by atoms with Crippen LogP contribution in [0.1, 0.15) is 23.7 Å². The van der Waals surface area contributed by atoms with E-state index in [1.165, 1.54) is 0 Å². The van der Waals surface area contributed by atoms with E-state index >= 15 is 0 Å². The van der Waals surface area contributed by atoms with Crippen LogP contribution in [-0.2, 0) is 0 Å². The number of nitrogens with one attached hydrogen (secondary N) is 2. The van der Waals surface area contributed by atoms with Crippen molar-refractivity contribution in [3.63, 3.8) is 0 Å². The van der Waals surface area contributed by atoms with E-state index in [0.29, 0.717) is 36.2 Å². The number of aliphatic imine (C=N–C) groups is 1. The second-order valence-corrected chi connectivity index (χ2v) is 4.39. The molecule has 0 saturated heterocycles. The molecule has 0 aliphatic carbocycles. The van der Waals surface area contributed by atoms with E-state index in [4.69, 9.17) is 17.3 Å². The normalized spacial score (nSPS) is 11.2. The number of benzene rings is 1. The summed E-state index contributed by atoms with van der Waals surface area (Å²) in [5.74, 6) is 0.269. The minimum Gasteiger partial charge on any atom is -0.370 e. The Balaban J connectivity index is 2.26. The van der Waals surface area contributed by atoms with Crippen molar-refractivity contribution in [1.82, 2.24) is 10.6 Å². The summed E-state index contributed by atoms with van der Waals surface area (Å²) in [7, 11) is 0. The second kappa shape index (κ2) is 8.37. The summed E-state index contributed by atoms with van der Waals surface area (Å²) in [5.41, 5.74) is 6.20. The Kier molecular flexibility index (Phi) is 6.74. The van der Waals surface area contributed by atoms with Gasteiger partial charge in [-0.25, -0.2) is 0 Å². The molecule has 104 valence electrons. The van der Waals surface area contributed by atoms with Gasteiger partial charge in [0.25, 0.3) is 5.91 Å². The molecule has 6 heteroatoms. The number of carbonyl (C=O) groups is 1. The first-order chi connectivity index (χ1) is 9.13. The molecule has 0 aliphatic rings. The zero-order chi connectivity index (χ0) is 14.1. The number of hydrogen-bond acceptors (Lipinski definition) is 2. The van der Waals surface area contributed by atoms with E-state index in [2.05, 4.69) is 15.6 Å². The molecule has 4 N–H and O–H groups in total. The molecule has 0 unspecified atom stereocenters. The third kappa shape index (κ3) is 6.10. The SMILES string of the molecule is CCCN=C(N)NCCNC(=O)c1ccc(Cl)cc1. The van der Waals surface area contributed by atoms with Crippen LogP contribution in [0.4, 0.5) is 0 Å². The summed E-state index contributed by atoms with van der Waals surface area (Å²) in [6.07, 6.45) is 0.954. The molecule has 1 rings (SSSR count). The maximum Gasteiger partial charge on any atom is 0.251 e. The van der Waals surface area contributed by atoms with Crippen LogP contribution in [0.15, 0.2) is 29.3 Å². The van der Waals surface area contributed by atoms with Gasteiger partial charge in [-0.1, -0.05) is 18.5 Å². The van der Waals surface area contributed by atoms with Crippen LogP contribution >= 0.6 is 11.6 Å². The number of nitrogens with zero attached hydrogens (tertiary/aromatic N) is 1. The lowest BCUT2D eigenvalue weighted by atomic mass is 10.2. The van der Waals surface area contributed by atoms with Gasteiger partial charge in [0.05, 0.1) is 0 Å². The predicted molar refractivity (Wildman–Crippen MR) is 78.6 cm³/mol. The van der Waals surface area contributed by atoms with Crippen molar-refractivity contribution in [2.45, 2.75) is 13.3 Å². The van der Waals surface area contributed by atoms with Crippen LogP contribution in [0.3, 0.4) is 0 Å². The van der Waals surface area contributed by atoms with E-state index in [-0.39, 0.29) is 5.91 Å². The van der Waals surface area contributed by atoms with Gasteiger partial charge in [0.2, 0.25) is 0 Å². The number of carbonyl (C=O) groups excluding carboxylic acids is 1. The fraction of sp³-hybridized carbons (Fsp3) is 0.385. The Labute approximate surface area is 118 Å². The quantitative estimate of drug-likeness (QED) is 0.419. The Hall–Kier alpha value is -1.75. The highest BCUT2D eigenvalue weighted by Crippen LogP contribution is 2.08. The van der Waals surface area contributed by atoms with Crippen LogP contribution in [-0.4, -0.2) is 31.5 Å². The smallest absolute Gasteiger partial charge is 0.251 e. The molecule has 1 amide bonds. The first-order valence-corrected chi connectivity index (χ1v) is 6.59. The van der Waals surface area contributed by atoms with Crippen LogP contribution < -0.4 is 16.4 Å². The lowest BCUT2D eigenvalue weighted by molar-refractivity contribution is 0.0954. The molecule has 1 aromatic rings. The number of nitrogens with two attached hydrogens (primary N) is 1. The average molecular weight is 283 g/mol. The third-order valence-corrected chi connectivity index (χ3v) is 2.58. The highest BCUT2D eigenvalue weighted by atomic mass is 35.5. The second-order valence-electron chi connectivity index (χ2n) is 3.96. The zero-order valence-corrected chi connectivity index (χ0v) is 11.7. The van der Waals surface area contributed by atoms with Crippen molar-refractivity contribution in [3.8, 4) is 0 Å². The lowest BCUT2D eigenvalue weighted by Gasteiger charge is -2.07. The molecule has 0 fully saturated rings. The van der Waals surface area contributed by atoms with Crippen molar-refractivity contribution in [1.29, 1.82) is 0 Å². The summed E-state index contributed by atoms with van der Waals surface area (Å²) >= 11 is 5.75. The predicted octanol–water partition coefficient (Wildman–Crippen LogP) is 1.38. The van der Waals surface area contributed by atoms with Gasteiger partial charge in [-0.05, 0) is 30.7 Å². The van der Waals surface area contributed by atoms with E-state index in [0.717, 1.165) is 6.42 Å². The number of hydrogen-bond donors (Lipinski definition) is 3. The fourth-order valence-corrected chi connectivity index (χ4v) is 1.48. The van der Waals surface area contributed by atoms with E-state index in [1.807, 2.05) is 6.92 Å². The first kappa shape index (κ1) is 15.3. The molecule has 0 aromatic heterocycles. The molecule has 1 aromatic carbocycles. The van der Waals surface area contributed by atoms with Crippen LogP contribution in [0, 0.1) is 0 Å². The molecule has 5 nitrogen and oxygen atoms in total. The minimum absolute atomic E-state index is 0.137. The van der Waals surface area contributed by atoms with Gasteiger partial charge >= 0.3 is 0 Å². The molecule has 0 bridgehead atoms. The maximum absolute atomic E-state index is 11.7. The summed E-state index contributed by atoms with van der Waals surface area (Å²) in [5, 5.41) is 6.31. The van der Waals surface area contributed by atoms with Gasteiger partial charge in [0.15, 0.2) is 5.96 Å². The third-order valence-electron chi connectivity index (χ3n) is 2.33. The Morgan fingerprint density at radius 2 is 1.89 bits per heavy atom. The largest absolute Gasteiger partial charge is 0.370 e. The summed E-state index contributed by atoms with van der Waals surface area (Å²) in [6, 6.07) is 6.73.